The van der Waals surface area contributed by atoms with Crippen LogP contribution in [0.3, 0.4) is 0 Å². The van der Waals surface area contributed by atoms with Gasteiger partial charge >= 0.3 is 0 Å². The van der Waals surface area contributed by atoms with Gasteiger partial charge in [0.05, 0.1) is 11.9 Å². The Morgan fingerprint density at radius 3 is 2.50 bits per heavy atom. The maximum Gasteiger partial charge on any atom is 0.267 e. The Morgan fingerprint density at radius 1 is 1.23 bits per heavy atom. The Labute approximate surface area is 128 Å². The van der Waals surface area contributed by atoms with Gasteiger partial charge in [-0.3, -0.25) is 9.78 Å². The third-order valence-electron chi connectivity index (χ3n) is 2.83. The molecule has 22 heavy (non-hydrogen) atoms. The molecule has 2 aromatic rings. The summed E-state index contributed by atoms with van der Waals surface area (Å²) in [6.45, 7) is 1.88. The highest BCUT2D eigenvalue weighted by Crippen LogP contribution is 2.12. The van der Waals surface area contributed by atoms with Crippen molar-refractivity contribution in [2.75, 3.05) is 16.4 Å². The number of aryl methyl sites for hydroxylation is 1. The Hall–Kier alpha value is -3.33. The number of nitriles is 1. The molecule has 6 heteroatoms. The van der Waals surface area contributed by atoms with Crippen LogP contribution in [-0.2, 0) is 4.79 Å². The lowest BCUT2D eigenvalue weighted by atomic mass is 10.2. The van der Waals surface area contributed by atoms with Gasteiger partial charge in [0.2, 0.25) is 0 Å². The zero-order valence-electron chi connectivity index (χ0n) is 12.0. The van der Waals surface area contributed by atoms with Gasteiger partial charge in [-0.2, -0.15) is 5.26 Å². The minimum Gasteiger partial charge on any atom is -0.399 e. The van der Waals surface area contributed by atoms with Crippen molar-refractivity contribution in [3.05, 3.63) is 60.1 Å². The molecule has 0 aliphatic heterocycles. The molecular weight excluding hydrogens is 278 g/mol. The van der Waals surface area contributed by atoms with Gasteiger partial charge in [-0.05, 0) is 43.3 Å². The minimum atomic E-state index is -0.500. The van der Waals surface area contributed by atoms with Crippen molar-refractivity contribution in [1.82, 2.24) is 4.98 Å². The van der Waals surface area contributed by atoms with Crippen LogP contribution in [0.4, 0.5) is 17.1 Å². The Balaban J connectivity index is 2.05. The van der Waals surface area contributed by atoms with E-state index in [2.05, 4.69) is 15.6 Å². The van der Waals surface area contributed by atoms with Gasteiger partial charge in [0.1, 0.15) is 11.6 Å². The van der Waals surface area contributed by atoms with Crippen LogP contribution in [0.25, 0.3) is 0 Å². The number of rotatable bonds is 4. The number of amides is 1. The van der Waals surface area contributed by atoms with Gasteiger partial charge in [-0.1, -0.05) is 0 Å². The van der Waals surface area contributed by atoms with E-state index >= 15 is 0 Å². The molecule has 0 atom stereocenters. The summed E-state index contributed by atoms with van der Waals surface area (Å²) < 4.78 is 0. The third kappa shape index (κ3) is 4.08. The molecular formula is C16H15N5O. The largest absolute Gasteiger partial charge is 0.399 e. The second-order valence-corrected chi connectivity index (χ2v) is 4.58. The number of nitrogen functional groups attached to an aromatic ring is 1. The summed E-state index contributed by atoms with van der Waals surface area (Å²) in [6.07, 6.45) is 2.97. The SMILES string of the molecule is Cc1ccc(N/C=C(/C#N)C(=O)Nc2ccc(N)cc2)cn1. The zero-order valence-corrected chi connectivity index (χ0v) is 12.0. The van der Waals surface area contributed by atoms with E-state index in [1.165, 1.54) is 6.20 Å². The van der Waals surface area contributed by atoms with Crippen LogP contribution in [0, 0.1) is 18.3 Å². The van der Waals surface area contributed by atoms with Gasteiger partial charge in [-0.15, -0.1) is 0 Å². The van der Waals surface area contributed by atoms with Crippen molar-refractivity contribution in [2.24, 2.45) is 0 Å². The lowest BCUT2D eigenvalue weighted by molar-refractivity contribution is -0.112. The number of hydrogen-bond acceptors (Lipinski definition) is 5. The van der Waals surface area contributed by atoms with Gasteiger partial charge in [0.15, 0.2) is 0 Å². The van der Waals surface area contributed by atoms with E-state index in [9.17, 15) is 4.79 Å². The van der Waals surface area contributed by atoms with Crippen LogP contribution < -0.4 is 16.4 Å². The first-order valence-corrected chi connectivity index (χ1v) is 6.55. The number of nitrogens with two attached hydrogens (primary N) is 1. The smallest absolute Gasteiger partial charge is 0.267 e. The highest BCUT2D eigenvalue weighted by Gasteiger charge is 2.09. The highest BCUT2D eigenvalue weighted by molar-refractivity contribution is 6.06. The lowest BCUT2D eigenvalue weighted by Gasteiger charge is -2.05. The summed E-state index contributed by atoms with van der Waals surface area (Å²) in [7, 11) is 0. The van der Waals surface area contributed by atoms with Crippen molar-refractivity contribution >= 4 is 23.0 Å². The molecule has 4 N–H and O–H groups in total. The summed E-state index contributed by atoms with van der Waals surface area (Å²) in [5.41, 5.74) is 8.27. The van der Waals surface area contributed by atoms with Crippen molar-refractivity contribution in [3.63, 3.8) is 0 Å². The van der Waals surface area contributed by atoms with E-state index in [1.54, 1.807) is 30.5 Å². The topological polar surface area (TPSA) is 104 Å². The number of nitrogens with zero attached hydrogens (tertiary/aromatic N) is 2. The van der Waals surface area contributed by atoms with E-state index in [1.807, 2.05) is 25.1 Å². The van der Waals surface area contributed by atoms with E-state index < -0.39 is 5.91 Å². The Bertz CT molecular complexity index is 727. The van der Waals surface area contributed by atoms with Gasteiger partial charge in [-0.25, -0.2) is 0 Å². The maximum absolute atomic E-state index is 12.0. The number of nitrogens with one attached hydrogen (secondary N) is 2. The Kier molecular flexibility index (Phi) is 4.73. The monoisotopic (exact) mass is 293 g/mol. The van der Waals surface area contributed by atoms with Crippen LogP contribution in [0.15, 0.2) is 54.4 Å². The molecule has 1 heterocycles. The number of hydrogen-bond donors (Lipinski definition) is 3. The van der Waals surface area contributed by atoms with Crippen LogP contribution in [-0.4, -0.2) is 10.9 Å². The zero-order chi connectivity index (χ0) is 15.9. The second kappa shape index (κ2) is 6.90. The average Bonchev–Trinajstić information content (AvgIpc) is 2.52. The first-order valence-electron chi connectivity index (χ1n) is 6.55. The highest BCUT2D eigenvalue weighted by atomic mass is 16.1. The molecule has 0 spiro atoms. The normalized spacial score (nSPS) is 10.6. The van der Waals surface area contributed by atoms with E-state index in [4.69, 9.17) is 11.0 Å². The first-order chi connectivity index (χ1) is 10.6. The molecule has 0 radical (unpaired) electrons. The fourth-order valence-corrected chi connectivity index (χ4v) is 1.62. The fraction of sp³-hybridized carbons (Fsp3) is 0.0625. The number of carbonyl (C=O) groups excluding carboxylic acids is 1. The van der Waals surface area contributed by atoms with Crippen LogP contribution in [0.5, 0.6) is 0 Å². The summed E-state index contributed by atoms with van der Waals surface area (Å²) in [5.74, 6) is -0.500. The summed E-state index contributed by atoms with van der Waals surface area (Å²) in [6, 6.07) is 12.2. The van der Waals surface area contributed by atoms with Gasteiger partial charge < -0.3 is 16.4 Å². The first kappa shape index (κ1) is 15.1. The van der Waals surface area contributed by atoms with Crippen molar-refractivity contribution in [1.29, 1.82) is 5.26 Å². The molecule has 0 aliphatic rings. The van der Waals surface area contributed by atoms with Crippen LogP contribution in [0.1, 0.15) is 5.69 Å². The molecule has 1 amide bonds. The second-order valence-electron chi connectivity index (χ2n) is 4.58. The number of pyridine rings is 1. The van der Waals surface area contributed by atoms with Crippen LogP contribution >= 0.6 is 0 Å². The minimum absolute atomic E-state index is 0.0441. The molecule has 0 saturated carbocycles. The fourth-order valence-electron chi connectivity index (χ4n) is 1.62. The molecule has 110 valence electrons. The number of anilines is 3. The molecule has 0 bridgehead atoms. The molecule has 0 aliphatic carbocycles. The summed E-state index contributed by atoms with van der Waals surface area (Å²) in [4.78, 5) is 16.1. The summed E-state index contributed by atoms with van der Waals surface area (Å²) in [5, 5.41) is 14.6. The predicted molar refractivity (Wildman–Crippen MR) is 85.8 cm³/mol. The molecule has 0 fully saturated rings. The van der Waals surface area contributed by atoms with Gasteiger partial charge in [0, 0.05) is 23.3 Å². The molecule has 1 aromatic carbocycles. The van der Waals surface area contributed by atoms with E-state index in [0.717, 1.165) is 5.69 Å². The quantitative estimate of drug-likeness (QED) is 0.456. The standard InChI is InChI=1S/C16H15N5O/c1-11-2-5-15(10-19-11)20-9-12(8-17)16(22)21-14-6-3-13(18)4-7-14/h2-7,9-10,20H,18H2,1H3,(H,21,22)/b12-9-. The molecule has 1 aromatic heterocycles. The average molecular weight is 293 g/mol. The third-order valence-corrected chi connectivity index (χ3v) is 2.83. The number of aromatic nitrogens is 1. The van der Waals surface area contributed by atoms with Crippen molar-refractivity contribution in [2.45, 2.75) is 6.92 Å². The Morgan fingerprint density at radius 2 is 1.91 bits per heavy atom. The van der Waals surface area contributed by atoms with Gasteiger partial charge in [0.25, 0.3) is 5.91 Å². The molecule has 0 unspecified atom stereocenters. The predicted octanol–water partition coefficient (Wildman–Crippen LogP) is 2.43. The molecule has 0 saturated heterocycles. The van der Waals surface area contributed by atoms with E-state index in [-0.39, 0.29) is 5.57 Å². The van der Waals surface area contributed by atoms with Crippen molar-refractivity contribution < 1.29 is 4.79 Å². The number of benzene rings is 1. The number of carbonyl (C=O) groups is 1. The van der Waals surface area contributed by atoms with Crippen molar-refractivity contribution in [3.8, 4) is 6.07 Å². The van der Waals surface area contributed by atoms with E-state index in [0.29, 0.717) is 17.1 Å². The van der Waals surface area contributed by atoms with Crippen LogP contribution in [0.2, 0.25) is 0 Å². The molecule has 2 rings (SSSR count). The lowest BCUT2D eigenvalue weighted by Crippen LogP contribution is -2.14. The summed E-state index contributed by atoms with van der Waals surface area (Å²) >= 11 is 0. The maximum atomic E-state index is 12.0. The molecule has 6 nitrogen and oxygen atoms in total.